The van der Waals surface area contributed by atoms with Crippen LogP contribution in [-0.4, -0.2) is 26.5 Å². The minimum atomic E-state index is -3.14. The van der Waals surface area contributed by atoms with Crippen molar-refractivity contribution in [2.45, 2.75) is 5.75 Å². The Labute approximate surface area is 92.4 Å². The van der Waals surface area contributed by atoms with E-state index in [2.05, 4.69) is 5.32 Å². The maximum Gasteiger partial charge on any atom is 0.258 e. The fourth-order valence-corrected chi connectivity index (χ4v) is 2.39. The van der Waals surface area contributed by atoms with Crippen molar-refractivity contribution < 1.29 is 18.0 Å². The van der Waals surface area contributed by atoms with Gasteiger partial charge in [0.2, 0.25) is 0 Å². The zero-order valence-electron chi connectivity index (χ0n) is 8.48. The van der Waals surface area contributed by atoms with Gasteiger partial charge in [0.15, 0.2) is 9.84 Å². The molecule has 1 aliphatic rings. The molecule has 6 heteroatoms. The Bertz CT molecular complexity index is 589. The summed E-state index contributed by atoms with van der Waals surface area (Å²) in [6, 6.07) is 4.45. The second-order valence-corrected chi connectivity index (χ2v) is 5.87. The molecule has 0 fully saturated rings. The van der Waals surface area contributed by atoms with Gasteiger partial charge in [0.1, 0.15) is 0 Å². The molecule has 5 nitrogen and oxygen atoms in total. The number of imide groups is 1. The molecule has 1 aliphatic heterocycles. The Morgan fingerprint density at radius 3 is 2.38 bits per heavy atom. The number of amides is 2. The van der Waals surface area contributed by atoms with Crippen LogP contribution in [0.2, 0.25) is 0 Å². The van der Waals surface area contributed by atoms with E-state index >= 15 is 0 Å². The summed E-state index contributed by atoms with van der Waals surface area (Å²) in [7, 11) is -3.14. The normalized spacial score (nSPS) is 14.8. The predicted molar refractivity (Wildman–Crippen MR) is 56.8 cm³/mol. The molecule has 0 saturated heterocycles. The van der Waals surface area contributed by atoms with E-state index < -0.39 is 21.7 Å². The Balaban J connectivity index is 2.45. The summed E-state index contributed by atoms with van der Waals surface area (Å²) in [5.74, 6) is -1.05. The predicted octanol–water partition coefficient (Wildman–Crippen LogP) is 0.115. The average Bonchev–Trinajstić information content (AvgIpc) is 2.40. The van der Waals surface area contributed by atoms with Gasteiger partial charge >= 0.3 is 0 Å². The highest BCUT2D eigenvalue weighted by molar-refractivity contribution is 7.89. The van der Waals surface area contributed by atoms with Gasteiger partial charge in [-0.15, -0.1) is 0 Å². The second-order valence-electron chi connectivity index (χ2n) is 3.73. The first kappa shape index (κ1) is 10.8. The van der Waals surface area contributed by atoms with Crippen molar-refractivity contribution in [1.82, 2.24) is 5.32 Å². The van der Waals surface area contributed by atoms with Crippen LogP contribution in [0.25, 0.3) is 0 Å². The zero-order chi connectivity index (χ0) is 11.9. The summed E-state index contributed by atoms with van der Waals surface area (Å²) in [4.78, 5) is 22.5. The standard InChI is InChI=1S/C10H9NO4S/c1-16(14,15)5-6-2-3-7-8(4-6)10(13)11-9(7)12/h2-4H,5H2,1H3,(H,11,12,13). The van der Waals surface area contributed by atoms with Gasteiger partial charge < -0.3 is 0 Å². The van der Waals surface area contributed by atoms with E-state index in [1.807, 2.05) is 0 Å². The van der Waals surface area contributed by atoms with Crippen LogP contribution < -0.4 is 5.32 Å². The number of carbonyl (C=O) groups is 2. The second kappa shape index (κ2) is 3.41. The lowest BCUT2D eigenvalue weighted by Gasteiger charge is -2.00. The molecule has 0 bridgehead atoms. The van der Waals surface area contributed by atoms with E-state index in [0.717, 1.165) is 6.26 Å². The number of rotatable bonds is 2. The van der Waals surface area contributed by atoms with Crippen LogP contribution in [0, 0.1) is 0 Å². The maximum atomic E-state index is 11.3. The molecule has 0 spiro atoms. The monoisotopic (exact) mass is 239 g/mol. The Hall–Kier alpha value is -1.69. The molecule has 1 aromatic rings. The highest BCUT2D eigenvalue weighted by Crippen LogP contribution is 2.18. The minimum absolute atomic E-state index is 0.137. The molecule has 1 heterocycles. The van der Waals surface area contributed by atoms with Gasteiger partial charge in [0.05, 0.1) is 16.9 Å². The summed E-state index contributed by atoms with van der Waals surface area (Å²) < 4.78 is 22.2. The van der Waals surface area contributed by atoms with Crippen molar-refractivity contribution in [1.29, 1.82) is 0 Å². The molecule has 2 amide bonds. The lowest BCUT2D eigenvalue weighted by atomic mass is 10.1. The third-order valence-corrected chi connectivity index (χ3v) is 3.09. The zero-order valence-corrected chi connectivity index (χ0v) is 9.30. The van der Waals surface area contributed by atoms with Gasteiger partial charge in [-0.1, -0.05) is 6.07 Å². The van der Waals surface area contributed by atoms with Crippen molar-refractivity contribution >= 4 is 21.7 Å². The molecule has 0 atom stereocenters. The van der Waals surface area contributed by atoms with Crippen LogP contribution in [0.15, 0.2) is 18.2 Å². The lowest BCUT2D eigenvalue weighted by Crippen LogP contribution is -2.19. The lowest BCUT2D eigenvalue weighted by molar-refractivity contribution is 0.0879. The number of carbonyl (C=O) groups excluding carboxylic acids is 2. The first-order valence-corrected chi connectivity index (χ1v) is 6.59. The third kappa shape index (κ3) is 1.96. The van der Waals surface area contributed by atoms with E-state index in [0.29, 0.717) is 11.1 Å². The van der Waals surface area contributed by atoms with Gasteiger partial charge in [-0.05, 0) is 17.7 Å². The molecular weight excluding hydrogens is 230 g/mol. The first-order valence-electron chi connectivity index (χ1n) is 4.53. The van der Waals surface area contributed by atoms with Crippen molar-refractivity contribution in [2.24, 2.45) is 0 Å². The number of hydrogen-bond acceptors (Lipinski definition) is 4. The molecule has 0 aromatic heterocycles. The van der Waals surface area contributed by atoms with Gasteiger partial charge in [-0.2, -0.15) is 0 Å². The molecule has 2 rings (SSSR count). The summed E-state index contributed by atoms with van der Waals surface area (Å²) in [5.41, 5.74) is 1.04. The summed E-state index contributed by atoms with van der Waals surface area (Å²) in [6.07, 6.45) is 1.12. The topological polar surface area (TPSA) is 80.3 Å². The molecule has 0 unspecified atom stereocenters. The van der Waals surface area contributed by atoms with Crippen LogP contribution in [0.4, 0.5) is 0 Å². The molecule has 1 aromatic carbocycles. The van der Waals surface area contributed by atoms with E-state index in [1.54, 1.807) is 0 Å². The fourth-order valence-electron chi connectivity index (χ4n) is 1.61. The Morgan fingerprint density at radius 1 is 1.12 bits per heavy atom. The highest BCUT2D eigenvalue weighted by Gasteiger charge is 2.26. The maximum absolute atomic E-state index is 11.3. The molecule has 0 aliphatic carbocycles. The van der Waals surface area contributed by atoms with E-state index in [1.165, 1.54) is 18.2 Å². The highest BCUT2D eigenvalue weighted by atomic mass is 32.2. The smallest absolute Gasteiger partial charge is 0.258 e. The van der Waals surface area contributed by atoms with E-state index in [9.17, 15) is 18.0 Å². The average molecular weight is 239 g/mol. The first-order chi connectivity index (χ1) is 7.37. The van der Waals surface area contributed by atoms with E-state index in [4.69, 9.17) is 0 Å². The Kier molecular flexibility index (Phi) is 2.31. The number of hydrogen-bond donors (Lipinski definition) is 1. The molecular formula is C10H9NO4S. The quantitative estimate of drug-likeness (QED) is 0.743. The molecule has 0 saturated carbocycles. The van der Waals surface area contributed by atoms with Gasteiger partial charge in [0.25, 0.3) is 11.8 Å². The van der Waals surface area contributed by atoms with Crippen molar-refractivity contribution in [3.8, 4) is 0 Å². The largest absolute Gasteiger partial charge is 0.288 e. The van der Waals surface area contributed by atoms with Gasteiger partial charge in [0, 0.05) is 6.26 Å². The number of sulfone groups is 1. The summed E-state index contributed by atoms with van der Waals surface area (Å²) >= 11 is 0. The number of benzene rings is 1. The van der Waals surface area contributed by atoms with Crippen LogP contribution in [0.5, 0.6) is 0 Å². The SMILES string of the molecule is CS(=O)(=O)Cc1ccc2c(c1)C(=O)NC2=O. The van der Waals surface area contributed by atoms with Crippen LogP contribution in [0.1, 0.15) is 26.3 Å². The van der Waals surface area contributed by atoms with Crippen LogP contribution in [0.3, 0.4) is 0 Å². The summed E-state index contributed by atoms with van der Waals surface area (Å²) in [5, 5.41) is 2.14. The number of fused-ring (bicyclic) bond motifs is 1. The molecule has 1 N–H and O–H groups in total. The molecule has 0 radical (unpaired) electrons. The fraction of sp³-hybridized carbons (Fsp3) is 0.200. The van der Waals surface area contributed by atoms with Crippen molar-refractivity contribution in [3.63, 3.8) is 0 Å². The summed E-state index contributed by atoms with van der Waals surface area (Å²) in [6.45, 7) is 0. The minimum Gasteiger partial charge on any atom is -0.288 e. The van der Waals surface area contributed by atoms with Crippen LogP contribution in [-0.2, 0) is 15.6 Å². The van der Waals surface area contributed by atoms with Gasteiger partial charge in [-0.25, -0.2) is 8.42 Å². The van der Waals surface area contributed by atoms with Gasteiger partial charge in [-0.3, -0.25) is 14.9 Å². The van der Waals surface area contributed by atoms with Crippen molar-refractivity contribution in [3.05, 3.63) is 34.9 Å². The van der Waals surface area contributed by atoms with E-state index in [-0.39, 0.29) is 11.3 Å². The number of nitrogens with one attached hydrogen (secondary N) is 1. The van der Waals surface area contributed by atoms with Crippen molar-refractivity contribution in [2.75, 3.05) is 6.26 Å². The molecule has 16 heavy (non-hydrogen) atoms. The third-order valence-electron chi connectivity index (χ3n) is 2.23. The Morgan fingerprint density at radius 2 is 1.75 bits per heavy atom. The molecule has 84 valence electrons. The van der Waals surface area contributed by atoms with Crippen LogP contribution >= 0.6 is 0 Å².